The van der Waals surface area contributed by atoms with Gasteiger partial charge in [-0.1, -0.05) is 23.7 Å². The number of hydrogen-bond acceptors (Lipinski definition) is 3. The molecule has 1 fully saturated rings. The van der Waals surface area contributed by atoms with E-state index in [9.17, 15) is 14.0 Å². The molecular formula is C22H24ClFN2O3. The van der Waals surface area contributed by atoms with Gasteiger partial charge in [-0.2, -0.15) is 0 Å². The Kier molecular flexibility index (Phi) is 6.75. The maximum Gasteiger partial charge on any atom is 0.255 e. The van der Waals surface area contributed by atoms with Crippen LogP contribution in [0.2, 0.25) is 5.02 Å². The van der Waals surface area contributed by atoms with E-state index in [0.717, 1.165) is 5.56 Å². The molecule has 0 unspecified atom stereocenters. The van der Waals surface area contributed by atoms with Crippen molar-refractivity contribution in [2.24, 2.45) is 0 Å². The highest BCUT2D eigenvalue weighted by Gasteiger charge is 2.24. The molecule has 5 nitrogen and oxygen atoms in total. The van der Waals surface area contributed by atoms with Crippen molar-refractivity contribution in [2.75, 3.05) is 13.1 Å². The third-order valence-electron chi connectivity index (χ3n) is 5.08. The zero-order valence-corrected chi connectivity index (χ0v) is 17.2. The van der Waals surface area contributed by atoms with Crippen LogP contribution in [0.1, 0.15) is 48.7 Å². The molecule has 0 saturated carbocycles. The minimum Gasteiger partial charge on any atom is -0.489 e. The minimum absolute atomic E-state index is 0.0600. The lowest BCUT2D eigenvalue weighted by Crippen LogP contribution is -2.40. The Morgan fingerprint density at radius 2 is 1.83 bits per heavy atom. The summed E-state index contributed by atoms with van der Waals surface area (Å²) in [6.07, 6.45) is 1.33. The number of benzene rings is 2. The predicted molar refractivity (Wildman–Crippen MR) is 110 cm³/mol. The number of carbonyl (C=O) groups excluding carboxylic acids is 2. The number of piperidine rings is 1. The summed E-state index contributed by atoms with van der Waals surface area (Å²) in [4.78, 5) is 26.1. The fraction of sp³-hybridized carbons (Fsp3) is 0.364. The molecule has 2 aromatic rings. The Hall–Kier alpha value is -2.60. The summed E-state index contributed by atoms with van der Waals surface area (Å²) in [5.41, 5.74) is 1.14. The van der Waals surface area contributed by atoms with Crippen molar-refractivity contribution in [2.45, 2.75) is 38.8 Å². The lowest BCUT2D eigenvalue weighted by molar-refractivity contribution is -0.130. The molecule has 3 rings (SSSR count). The number of hydrogen-bond donors (Lipinski definition) is 1. The maximum absolute atomic E-state index is 13.1. The van der Waals surface area contributed by atoms with Gasteiger partial charge in [-0.25, -0.2) is 4.39 Å². The van der Waals surface area contributed by atoms with Crippen LogP contribution in [0.25, 0.3) is 0 Å². The first-order valence-corrected chi connectivity index (χ1v) is 9.99. The summed E-state index contributed by atoms with van der Waals surface area (Å²) in [6, 6.07) is 10.6. The largest absolute Gasteiger partial charge is 0.489 e. The van der Waals surface area contributed by atoms with E-state index in [1.165, 1.54) is 12.1 Å². The SMILES string of the molecule is CC(=O)N1CCC(Oc2ccc(Cl)cc2C(=O)N[C@@H](C)c2ccc(F)cc2)CC1. The number of likely N-dealkylation sites (tertiary alicyclic amines) is 1. The molecule has 2 aromatic carbocycles. The Morgan fingerprint density at radius 1 is 1.17 bits per heavy atom. The fourth-order valence-corrected chi connectivity index (χ4v) is 3.53. The number of nitrogens with one attached hydrogen (secondary N) is 1. The highest BCUT2D eigenvalue weighted by molar-refractivity contribution is 6.31. The van der Waals surface area contributed by atoms with E-state index in [2.05, 4.69) is 5.32 Å². The highest BCUT2D eigenvalue weighted by Crippen LogP contribution is 2.27. The molecule has 1 heterocycles. The van der Waals surface area contributed by atoms with E-state index in [-0.39, 0.29) is 29.8 Å². The Morgan fingerprint density at radius 3 is 2.45 bits per heavy atom. The van der Waals surface area contributed by atoms with Gasteiger partial charge in [0.15, 0.2) is 0 Å². The van der Waals surface area contributed by atoms with Gasteiger partial charge >= 0.3 is 0 Å². The van der Waals surface area contributed by atoms with E-state index in [0.29, 0.717) is 42.3 Å². The second kappa shape index (κ2) is 9.27. The number of ether oxygens (including phenoxy) is 1. The molecule has 1 saturated heterocycles. The van der Waals surface area contributed by atoms with Gasteiger partial charge < -0.3 is 15.0 Å². The molecule has 0 spiro atoms. The van der Waals surface area contributed by atoms with Gasteiger partial charge in [0, 0.05) is 37.9 Å². The molecule has 0 aliphatic carbocycles. The van der Waals surface area contributed by atoms with Gasteiger partial charge in [-0.15, -0.1) is 0 Å². The summed E-state index contributed by atoms with van der Waals surface area (Å²) < 4.78 is 19.2. The second-order valence-electron chi connectivity index (χ2n) is 7.21. The van der Waals surface area contributed by atoms with Crippen LogP contribution in [0.15, 0.2) is 42.5 Å². The van der Waals surface area contributed by atoms with Gasteiger partial charge in [0.2, 0.25) is 5.91 Å². The summed E-state index contributed by atoms with van der Waals surface area (Å²) >= 11 is 6.11. The Bertz CT molecular complexity index is 880. The number of carbonyl (C=O) groups is 2. The van der Waals surface area contributed by atoms with Crippen molar-refractivity contribution in [3.63, 3.8) is 0 Å². The Labute approximate surface area is 174 Å². The van der Waals surface area contributed by atoms with Crippen LogP contribution in [0, 0.1) is 5.82 Å². The van der Waals surface area contributed by atoms with Gasteiger partial charge in [-0.3, -0.25) is 9.59 Å². The van der Waals surface area contributed by atoms with Crippen molar-refractivity contribution in [1.29, 1.82) is 0 Å². The molecule has 1 atom stereocenters. The van der Waals surface area contributed by atoms with E-state index >= 15 is 0 Å². The summed E-state index contributed by atoms with van der Waals surface area (Å²) in [5, 5.41) is 3.34. The van der Waals surface area contributed by atoms with E-state index in [1.807, 2.05) is 6.92 Å². The van der Waals surface area contributed by atoms with Gasteiger partial charge in [0.25, 0.3) is 5.91 Å². The van der Waals surface area contributed by atoms with Crippen LogP contribution in [-0.2, 0) is 4.79 Å². The van der Waals surface area contributed by atoms with Gasteiger partial charge in [0.1, 0.15) is 17.7 Å². The molecule has 0 aromatic heterocycles. The molecule has 0 radical (unpaired) electrons. The van der Waals surface area contributed by atoms with Crippen LogP contribution in [0.5, 0.6) is 5.75 Å². The number of nitrogens with zero attached hydrogens (tertiary/aromatic N) is 1. The van der Waals surface area contributed by atoms with Crippen LogP contribution >= 0.6 is 11.6 Å². The first-order chi connectivity index (χ1) is 13.8. The fourth-order valence-electron chi connectivity index (χ4n) is 3.36. The van der Waals surface area contributed by atoms with Crippen LogP contribution in [0.3, 0.4) is 0 Å². The first kappa shape index (κ1) is 21.1. The molecule has 7 heteroatoms. The van der Waals surface area contributed by atoms with Gasteiger partial charge in [-0.05, 0) is 42.8 Å². The lowest BCUT2D eigenvalue weighted by atomic mass is 10.1. The topological polar surface area (TPSA) is 58.6 Å². The van der Waals surface area contributed by atoms with Crippen molar-refractivity contribution in [3.05, 3.63) is 64.4 Å². The van der Waals surface area contributed by atoms with E-state index in [1.54, 1.807) is 42.2 Å². The van der Waals surface area contributed by atoms with Crippen molar-refractivity contribution in [3.8, 4) is 5.75 Å². The maximum atomic E-state index is 13.1. The van der Waals surface area contributed by atoms with Crippen LogP contribution < -0.4 is 10.1 Å². The molecular weight excluding hydrogens is 395 g/mol. The molecule has 2 amide bonds. The van der Waals surface area contributed by atoms with E-state index < -0.39 is 0 Å². The number of amides is 2. The lowest BCUT2D eigenvalue weighted by Gasteiger charge is -2.32. The van der Waals surface area contributed by atoms with Crippen molar-refractivity contribution >= 4 is 23.4 Å². The quantitative estimate of drug-likeness (QED) is 0.784. The number of rotatable bonds is 5. The molecule has 1 N–H and O–H groups in total. The van der Waals surface area contributed by atoms with Gasteiger partial charge in [0.05, 0.1) is 11.6 Å². The average molecular weight is 419 g/mol. The third-order valence-corrected chi connectivity index (χ3v) is 5.32. The minimum atomic E-state index is -0.325. The zero-order chi connectivity index (χ0) is 21.0. The zero-order valence-electron chi connectivity index (χ0n) is 16.5. The molecule has 1 aliphatic rings. The van der Waals surface area contributed by atoms with Crippen LogP contribution in [0.4, 0.5) is 4.39 Å². The smallest absolute Gasteiger partial charge is 0.255 e. The third kappa shape index (κ3) is 5.48. The van der Waals surface area contributed by atoms with E-state index in [4.69, 9.17) is 16.3 Å². The van der Waals surface area contributed by atoms with Crippen LogP contribution in [-0.4, -0.2) is 35.9 Å². The standard InChI is InChI=1S/C22H24ClFN2O3/c1-14(16-3-6-18(24)7-4-16)25-22(28)20-13-17(23)5-8-21(20)29-19-9-11-26(12-10-19)15(2)27/h3-8,13-14,19H,9-12H2,1-2H3,(H,25,28)/t14-/m0/s1. The highest BCUT2D eigenvalue weighted by atomic mass is 35.5. The summed E-state index contributed by atoms with van der Waals surface area (Å²) in [5.74, 6) is -0.126. The normalized spacial score (nSPS) is 15.7. The summed E-state index contributed by atoms with van der Waals surface area (Å²) in [6.45, 7) is 4.66. The molecule has 29 heavy (non-hydrogen) atoms. The Balaban J connectivity index is 1.70. The monoisotopic (exact) mass is 418 g/mol. The first-order valence-electron chi connectivity index (χ1n) is 9.61. The predicted octanol–water partition coefficient (Wildman–Crippen LogP) is 4.36. The average Bonchev–Trinajstić information content (AvgIpc) is 2.70. The van der Waals surface area contributed by atoms with Crippen molar-refractivity contribution < 1.29 is 18.7 Å². The second-order valence-corrected chi connectivity index (χ2v) is 7.65. The van der Waals surface area contributed by atoms with Crippen molar-refractivity contribution in [1.82, 2.24) is 10.2 Å². The molecule has 0 bridgehead atoms. The summed E-state index contributed by atoms with van der Waals surface area (Å²) in [7, 11) is 0. The number of halogens is 2. The molecule has 154 valence electrons. The molecule has 1 aliphatic heterocycles.